The second-order valence-corrected chi connectivity index (χ2v) is 3.47. The van der Waals surface area contributed by atoms with Gasteiger partial charge in [0.2, 0.25) is 5.13 Å². The van der Waals surface area contributed by atoms with Crippen molar-refractivity contribution in [3.05, 3.63) is 30.3 Å². The molecule has 0 bridgehead atoms. The zero-order valence-corrected chi connectivity index (χ0v) is 8.36. The van der Waals surface area contributed by atoms with E-state index in [9.17, 15) is 4.79 Å². The van der Waals surface area contributed by atoms with Crippen molar-refractivity contribution in [3.63, 3.8) is 0 Å². The molecule has 0 aliphatic carbocycles. The Morgan fingerprint density at radius 3 is 2.73 bits per heavy atom. The molecule has 1 aromatic carbocycles. The van der Waals surface area contributed by atoms with E-state index in [1.165, 1.54) is 0 Å². The van der Waals surface area contributed by atoms with Crippen LogP contribution in [0.15, 0.2) is 30.3 Å². The van der Waals surface area contributed by atoms with E-state index < -0.39 is 6.09 Å². The number of hydrogen-bond donors (Lipinski definition) is 2. The highest BCUT2D eigenvalue weighted by molar-refractivity contribution is 7.10. The van der Waals surface area contributed by atoms with E-state index in [1.54, 1.807) is 0 Å². The third-order valence-corrected chi connectivity index (χ3v) is 2.30. The van der Waals surface area contributed by atoms with Crippen molar-refractivity contribution in [2.45, 2.75) is 0 Å². The number of aromatic nitrogens is 2. The molecule has 2 aromatic rings. The molecular formula is C9H7N3O2S. The lowest BCUT2D eigenvalue weighted by Crippen LogP contribution is -2.06. The van der Waals surface area contributed by atoms with E-state index in [0.717, 1.165) is 17.1 Å². The summed E-state index contributed by atoms with van der Waals surface area (Å²) in [5.41, 5.74) is 0.868. The number of amides is 1. The van der Waals surface area contributed by atoms with E-state index in [0.29, 0.717) is 5.82 Å². The highest BCUT2D eigenvalue weighted by Crippen LogP contribution is 2.20. The Balaban J connectivity index is 2.24. The van der Waals surface area contributed by atoms with Gasteiger partial charge in [0.05, 0.1) is 0 Å². The number of benzene rings is 1. The molecule has 5 nitrogen and oxygen atoms in total. The molecule has 15 heavy (non-hydrogen) atoms. The Bertz CT molecular complexity index is 469. The molecule has 1 amide bonds. The minimum Gasteiger partial charge on any atom is -0.465 e. The van der Waals surface area contributed by atoms with Crippen LogP contribution in [0.5, 0.6) is 0 Å². The second kappa shape index (κ2) is 4.05. The molecule has 0 saturated carbocycles. The van der Waals surface area contributed by atoms with E-state index in [2.05, 4.69) is 14.7 Å². The number of carboxylic acid groups (broad SMARTS) is 1. The van der Waals surface area contributed by atoms with Crippen molar-refractivity contribution in [2.24, 2.45) is 0 Å². The predicted molar refractivity (Wildman–Crippen MR) is 57.0 cm³/mol. The third-order valence-electron chi connectivity index (χ3n) is 1.67. The minimum absolute atomic E-state index is 0.279. The van der Waals surface area contributed by atoms with Gasteiger partial charge in [0.25, 0.3) is 0 Å². The van der Waals surface area contributed by atoms with E-state index in [1.807, 2.05) is 30.3 Å². The molecule has 2 rings (SSSR count). The highest BCUT2D eigenvalue weighted by atomic mass is 32.1. The van der Waals surface area contributed by atoms with Gasteiger partial charge in [-0.1, -0.05) is 30.3 Å². The fourth-order valence-corrected chi connectivity index (χ4v) is 1.65. The number of rotatable bonds is 2. The molecule has 0 saturated heterocycles. The fourth-order valence-electron chi connectivity index (χ4n) is 1.07. The van der Waals surface area contributed by atoms with E-state index in [-0.39, 0.29) is 5.13 Å². The van der Waals surface area contributed by atoms with Crippen molar-refractivity contribution in [2.75, 3.05) is 5.32 Å². The maximum atomic E-state index is 10.3. The van der Waals surface area contributed by atoms with Crippen LogP contribution in [0.1, 0.15) is 0 Å². The smallest absolute Gasteiger partial charge is 0.411 e. The monoisotopic (exact) mass is 221 g/mol. The zero-order chi connectivity index (χ0) is 10.7. The van der Waals surface area contributed by atoms with Crippen LogP contribution in [0.2, 0.25) is 0 Å². The Kier molecular flexibility index (Phi) is 2.59. The predicted octanol–water partition coefficient (Wildman–Crippen LogP) is 2.30. The standard InChI is InChI=1S/C9H7N3O2S/c13-9(14)11-8-10-7(12-15-8)6-4-2-1-3-5-6/h1-5H,(H,13,14)(H,10,11,12). The number of nitrogens with one attached hydrogen (secondary N) is 1. The topological polar surface area (TPSA) is 75.1 Å². The van der Waals surface area contributed by atoms with Crippen molar-refractivity contribution >= 4 is 22.8 Å². The van der Waals surface area contributed by atoms with Crippen LogP contribution in [-0.2, 0) is 0 Å². The largest absolute Gasteiger partial charge is 0.465 e. The quantitative estimate of drug-likeness (QED) is 0.815. The first-order valence-corrected chi connectivity index (χ1v) is 4.92. The maximum Gasteiger partial charge on any atom is 0.411 e. The first-order chi connectivity index (χ1) is 7.25. The van der Waals surface area contributed by atoms with Crippen LogP contribution >= 0.6 is 11.5 Å². The summed E-state index contributed by atoms with van der Waals surface area (Å²) in [4.78, 5) is 14.4. The minimum atomic E-state index is -1.13. The third kappa shape index (κ3) is 2.29. The first kappa shape index (κ1) is 9.60. The summed E-state index contributed by atoms with van der Waals surface area (Å²) in [6.07, 6.45) is -1.13. The molecule has 2 N–H and O–H groups in total. The molecular weight excluding hydrogens is 214 g/mol. The van der Waals surface area contributed by atoms with Gasteiger partial charge >= 0.3 is 6.09 Å². The lowest BCUT2D eigenvalue weighted by atomic mass is 10.2. The average Bonchev–Trinajstić information content (AvgIpc) is 2.67. The molecule has 0 aliphatic heterocycles. The van der Waals surface area contributed by atoms with Crippen molar-refractivity contribution in [3.8, 4) is 11.4 Å². The first-order valence-electron chi connectivity index (χ1n) is 4.15. The lowest BCUT2D eigenvalue weighted by molar-refractivity contribution is 0.209. The number of carbonyl (C=O) groups is 1. The van der Waals surface area contributed by atoms with E-state index >= 15 is 0 Å². The van der Waals surface area contributed by atoms with Gasteiger partial charge < -0.3 is 5.11 Å². The summed E-state index contributed by atoms with van der Waals surface area (Å²) in [7, 11) is 0. The Morgan fingerprint density at radius 1 is 1.33 bits per heavy atom. The maximum absolute atomic E-state index is 10.3. The van der Waals surface area contributed by atoms with Gasteiger partial charge in [0, 0.05) is 17.1 Å². The van der Waals surface area contributed by atoms with Crippen LogP contribution in [0.4, 0.5) is 9.93 Å². The Hall–Kier alpha value is -1.95. The normalized spacial score (nSPS) is 9.87. The van der Waals surface area contributed by atoms with Crippen LogP contribution in [0.3, 0.4) is 0 Å². The Morgan fingerprint density at radius 2 is 2.07 bits per heavy atom. The molecule has 0 unspecified atom stereocenters. The van der Waals surface area contributed by atoms with Crippen molar-refractivity contribution < 1.29 is 9.90 Å². The lowest BCUT2D eigenvalue weighted by Gasteiger charge is -1.92. The molecule has 0 aliphatic rings. The summed E-state index contributed by atoms with van der Waals surface area (Å²) < 4.78 is 4.04. The SMILES string of the molecule is O=C(O)Nc1nc(-c2ccccc2)ns1. The van der Waals surface area contributed by atoms with Gasteiger partial charge in [-0.3, -0.25) is 5.32 Å². The number of anilines is 1. The van der Waals surface area contributed by atoms with Gasteiger partial charge in [0.15, 0.2) is 5.82 Å². The second-order valence-electron chi connectivity index (χ2n) is 2.72. The molecule has 1 aromatic heterocycles. The summed E-state index contributed by atoms with van der Waals surface area (Å²) >= 11 is 1.02. The zero-order valence-electron chi connectivity index (χ0n) is 7.54. The summed E-state index contributed by atoms with van der Waals surface area (Å²) in [5.74, 6) is 0.532. The summed E-state index contributed by atoms with van der Waals surface area (Å²) in [5, 5.41) is 10.9. The molecule has 0 radical (unpaired) electrons. The van der Waals surface area contributed by atoms with Crippen LogP contribution in [0.25, 0.3) is 11.4 Å². The van der Waals surface area contributed by atoms with Crippen LogP contribution in [-0.4, -0.2) is 20.6 Å². The Labute approximate surface area is 89.6 Å². The molecule has 0 atom stereocenters. The van der Waals surface area contributed by atoms with Gasteiger partial charge in [0.1, 0.15) is 0 Å². The van der Waals surface area contributed by atoms with Crippen LogP contribution in [0, 0.1) is 0 Å². The van der Waals surface area contributed by atoms with Gasteiger partial charge in [-0.15, -0.1) is 0 Å². The average molecular weight is 221 g/mol. The molecule has 1 heterocycles. The summed E-state index contributed by atoms with van der Waals surface area (Å²) in [6.45, 7) is 0. The van der Waals surface area contributed by atoms with Crippen LogP contribution < -0.4 is 5.32 Å². The van der Waals surface area contributed by atoms with Gasteiger partial charge in [-0.25, -0.2) is 4.79 Å². The molecule has 6 heteroatoms. The number of hydrogen-bond acceptors (Lipinski definition) is 4. The molecule has 0 fully saturated rings. The molecule has 76 valence electrons. The molecule has 0 spiro atoms. The number of nitrogens with zero attached hydrogens (tertiary/aromatic N) is 2. The van der Waals surface area contributed by atoms with Crippen molar-refractivity contribution in [1.29, 1.82) is 0 Å². The van der Waals surface area contributed by atoms with Gasteiger partial charge in [-0.05, 0) is 0 Å². The highest BCUT2D eigenvalue weighted by Gasteiger charge is 2.07. The fraction of sp³-hybridized carbons (Fsp3) is 0. The van der Waals surface area contributed by atoms with E-state index in [4.69, 9.17) is 5.11 Å². The van der Waals surface area contributed by atoms with Gasteiger partial charge in [-0.2, -0.15) is 9.36 Å². The summed E-state index contributed by atoms with van der Waals surface area (Å²) in [6, 6.07) is 9.38. The van der Waals surface area contributed by atoms with Crippen molar-refractivity contribution in [1.82, 2.24) is 9.36 Å².